The fourth-order valence-corrected chi connectivity index (χ4v) is 3.49. The quantitative estimate of drug-likeness (QED) is 0.380. The first-order valence-electron chi connectivity index (χ1n) is 8.54. The van der Waals surface area contributed by atoms with Crippen molar-refractivity contribution in [2.45, 2.75) is 5.75 Å². The summed E-state index contributed by atoms with van der Waals surface area (Å²) < 4.78 is 5.92. The van der Waals surface area contributed by atoms with Crippen molar-refractivity contribution in [1.29, 1.82) is 0 Å². The van der Waals surface area contributed by atoms with Crippen LogP contribution in [-0.2, 0) is 5.75 Å². The Morgan fingerprint density at radius 1 is 0.923 bits per heavy atom. The van der Waals surface area contributed by atoms with E-state index in [1.54, 1.807) is 0 Å². The van der Waals surface area contributed by atoms with Gasteiger partial charge in [-0.15, -0.1) is 0 Å². The molecule has 128 valence electrons. The van der Waals surface area contributed by atoms with Gasteiger partial charge in [0.15, 0.2) is 5.58 Å². The van der Waals surface area contributed by atoms with Crippen molar-refractivity contribution in [2.75, 3.05) is 6.26 Å². The first-order valence-corrected chi connectivity index (χ1v) is 9.94. The fraction of sp³-hybridized carbons (Fsp3) is 0.0870. The second-order valence-electron chi connectivity index (χ2n) is 6.08. The number of hydrogen-bond acceptors (Lipinski definition) is 3. The average Bonchev–Trinajstić information content (AvgIpc) is 3.12. The summed E-state index contributed by atoms with van der Waals surface area (Å²) in [4.78, 5) is 4.62. The lowest BCUT2D eigenvalue weighted by atomic mass is 10.0. The smallest absolute Gasteiger partial charge is 0.227 e. The number of fused-ring (bicyclic) bond motifs is 1. The lowest BCUT2D eigenvalue weighted by molar-refractivity contribution is 0.620. The molecule has 3 aromatic carbocycles. The molecule has 0 aliphatic rings. The third kappa shape index (κ3) is 3.58. The number of thioether (sulfide) groups is 1. The van der Waals surface area contributed by atoms with Crippen LogP contribution in [0.3, 0.4) is 0 Å². The van der Waals surface area contributed by atoms with E-state index in [4.69, 9.17) is 4.42 Å². The van der Waals surface area contributed by atoms with Gasteiger partial charge in [0.05, 0.1) is 0 Å². The van der Waals surface area contributed by atoms with Crippen molar-refractivity contribution in [3.05, 3.63) is 89.5 Å². The zero-order valence-electron chi connectivity index (χ0n) is 14.6. The van der Waals surface area contributed by atoms with Gasteiger partial charge >= 0.3 is 0 Å². The molecule has 2 nitrogen and oxygen atoms in total. The Morgan fingerprint density at radius 2 is 1.73 bits per heavy atom. The summed E-state index contributed by atoms with van der Waals surface area (Å²) in [6.45, 7) is 0. The first kappa shape index (κ1) is 16.7. The number of oxazole rings is 1. The third-order valence-electron chi connectivity index (χ3n) is 4.24. The molecule has 0 atom stereocenters. The summed E-state index contributed by atoms with van der Waals surface area (Å²) in [5.74, 6) is 1.62. The Hall–Kier alpha value is -2.78. The Labute approximate surface area is 157 Å². The molecule has 0 amide bonds. The van der Waals surface area contributed by atoms with Gasteiger partial charge in [-0.1, -0.05) is 60.7 Å². The highest BCUT2D eigenvalue weighted by molar-refractivity contribution is 7.97. The van der Waals surface area contributed by atoms with Gasteiger partial charge in [0.25, 0.3) is 0 Å². The van der Waals surface area contributed by atoms with Crippen molar-refractivity contribution >= 4 is 35.0 Å². The predicted molar refractivity (Wildman–Crippen MR) is 112 cm³/mol. The largest absolute Gasteiger partial charge is 0.436 e. The molecule has 0 aliphatic heterocycles. The molecule has 4 aromatic rings. The van der Waals surface area contributed by atoms with Gasteiger partial charge in [0.1, 0.15) is 5.52 Å². The molecule has 0 saturated carbocycles. The summed E-state index contributed by atoms with van der Waals surface area (Å²) in [5, 5.41) is 0. The number of benzene rings is 3. The maximum absolute atomic E-state index is 5.92. The molecule has 0 spiro atoms. The summed E-state index contributed by atoms with van der Waals surface area (Å²) in [7, 11) is 0. The van der Waals surface area contributed by atoms with Crippen LogP contribution < -0.4 is 0 Å². The van der Waals surface area contributed by atoms with Crippen LogP contribution in [-0.4, -0.2) is 11.2 Å². The van der Waals surface area contributed by atoms with E-state index in [-0.39, 0.29) is 0 Å². The van der Waals surface area contributed by atoms with E-state index >= 15 is 0 Å². The Morgan fingerprint density at radius 3 is 2.54 bits per heavy atom. The van der Waals surface area contributed by atoms with Gasteiger partial charge in [-0.2, -0.15) is 11.8 Å². The number of hydrogen-bond donors (Lipinski definition) is 0. The maximum Gasteiger partial charge on any atom is 0.227 e. The molecule has 0 bridgehead atoms. The highest BCUT2D eigenvalue weighted by Gasteiger charge is 2.10. The van der Waals surface area contributed by atoms with E-state index in [0.29, 0.717) is 5.89 Å². The average molecular weight is 357 g/mol. The van der Waals surface area contributed by atoms with E-state index in [9.17, 15) is 0 Å². The van der Waals surface area contributed by atoms with Gasteiger partial charge in [-0.05, 0) is 47.2 Å². The van der Waals surface area contributed by atoms with E-state index in [1.165, 1.54) is 16.7 Å². The van der Waals surface area contributed by atoms with Crippen molar-refractivity contribution in [3.63, 3.8) is 0 Å². The highest BCUT2D eigenvalue weighted by Crippen LogP contribution is 2.28. The minimum atomic E-state index is 0.673. The van der Waals surface area contributed by atoms with Crippen molar-refractivity contribution in [2.24, 2.45) is 0 Å². The van der Waals surface area contributed by atoms with Crippen LogP contribution in [0.25, 0.3) is 34.7 Å². The van der Waals surface area contributed by atoms with Gasteiger partial charge in [-0.25, -0.2) is 4.98 Å². The molecule has 26 heavy (non-hydrogen) atoms. The van der Waals surface area contributed by atoms with Gasteiger partial charge in [0.2, 0.25) is 5.89 Å². The minimum absolute atomic E-state index is 0.673. The Bertz CT molecular complexity index is 1020. The molecule has 0 radical (unpaired) electrons. The SMILES string of the molecule is CSCc1cc(-c2nc3ccccc3o2)ccc1C=Cc1ccccc1. The summed E-state index contributed by atoms with van der Waals surface area (Å²) in [6.07, 6.45) is 6.45. The monoisotopic (exact) mass is 357 g/mol. The number of nitrogens with zero attached hydrogens (tertiary/aromatic N) is 1. The summed E-state index contributed by atoms with van der Waals surface area (Å²) in [5.41, 5.74) is 6.43. The Balaban J connectivity index is 1.69. The fourth-order valence-electron chi connectivity index (χ4n) is 2.93. The zero-order valence-corrected chi connectivity index (χ0v) is 15.4. The zero-order chi connectivity index (χ0) is 17.8. The first-order chi connectivity index (χ1) is 12.8. The van der Waals surface area contributed by atoms with Gasteiger partial charge < -0.3 is 4.42 Å². The predicted octanol–water partition coefficient (Wildman–Crippen LogP) is 6.53. The van der Waals surface area contributed by atoms with E-state index in [0.717, 1.165) is 22.4 Å². The second kappa shape index (κ2) is 7.63. The molecule has 0 fully saturated rings. The number of para-hydroxylation sites is 2. The summed E-state index contributed by atoms with van der Waals surface area (Å²) >= 11 is 1.81. The Kier molecular flexibility index (Phi) is 4.89. The number of rotatable bonds is 5. The van der Waals surface area contributed by atoms with Gasteiger partial charge in [-0.3, -0.25) is 0 Å². The van der Waals surface area contributed by atoms with Crippen LogP contribution in [0, 0.1) is 0 Å². The maximum atomic E-state index is 5.92. The molecule has 0 saturated heterocycles. The van der Waals surface area contributed by atoms with Crippen molar-refractivity contribution in [1.82, 2.24) is 4.98 Å². The highest BCUT2D eigenvalue weighted by atomic mass is 32.2. The van der Waals surface area contributed by atoms with E-state index in [2.05, 4.69) is 65.9 Å². The van der Waals surface area contributed by atoms with Crippen LogP contribution in [0.15, 0.2) is 77.2 Å². The molecule has 0 unspecified atom stereocenters. The molecular formula is C23H19NOS. The molecule has 3 heteroatoms. The second-order valence-corrected chi connectivity index (χ2v) is 6.94. The molecule has 1 aromatic heterocycles. The van der Waals surface area contributed by atoms with Crippen LogP contribution >= 0.6 is 11.8 Å². The van der Waals surface area contributed by atoms with Crippen LogP contribution in [0.2, 0.25) is 0 Å². The topological polar surface area (TPSA) is 26.0 Å². The molecule has 0 N–H and O–H groups in total. The van der Waals surface area contributed by atoms with Crippen LogP contribution in [0.1, 0.15) is 16.7 Å². The van der Waals surface area contributed by atoms with Gasteiger partial charge in [0, 0.05) is 11.3 Å². The standard InChI is InChI=1S/C23H19NOS/c1-26-16-20-15-19(23-24-21-9-5-6-10-22(21)25-23)14-13-18(20)12-11-17-7-3-2-4-8-17/h2-15H,16H2,1H3. The lowest BCUT2D eigenvalue weighted by Crippen LogP contribution is -1.88. The molecule has 0 aliphatic carbocycles. The van der Waals surface area contributed by atoms with Crippen molar-refractivity contribution in [3.8, 4) is 11.5 Å². The number of aromatic nitrogens is 1. The molecule has 1 heterocycles. The van der Waals surface area contributed by atoms with Crippen LogP contribution in [0.4, 0.5) is 0 Å². The molecule has 4 rings (SSSR count). The van der Waals surface area contributed by atoms with E-state index in [1.807, 2.05) is 42.1 Å². The third-order valence-corrected chi connectivity index (χ3v) is 4.84. The van der Waals surface area contributed by atoms with Crippen LogP contribution in [0.5, 0.6) is 0 Å². The summed E-state index contributed by atoms with van der Waals surface area (Å²) in [6, 6.07) is 24.6. The van der Waals surface area contributed by atoms with E-state index < -0.39 is 0 Å². The van der Waals surface area contributed by atoms with Crippen molar-refractivity contribution < 1.29 is 4.42 Å². The normalized spacial score (nSPS) is 11.4. The molecular weight excluding hydrogens is 338 g/mol. The minimum Gasteiger partial charge on any atom is -0.436 e. The lowest BCUT2D eigenvalue weighted by Gasteiger charge is -2.07.